The van der Waals surface area contributed by atoms with Gasteiger partial charge < -0.3 is 15.5 Å². The minimum atomic E-state index is 0.00329. The van der Waals surface area contributed by atoms with Gasteiger partial charge in [0.25, 0.3) is 0 Å². The number of amides is 2. The molecule has 1 heterocycles. The van der Waals surface area contributed by atoms with Gasteiger partial charge in [-0.2, -0.15) is 0 Å². The minimum Gasteiger partial charge on any atom is -0.399 e. The first kappa shape index (κ1) is 13.4. The van der Waals surface area contributed by atoms with Crippen LogP contribution in [0.25, 0.3) is 0 Å². The van der Waals surface area contributed by atoms with Crippen molar-refractivity contribution in [2.45, 2.75) is 12.8 Å². The van der Waals surface area contributed by atoms with E-state index in [0.717, 1.165) is 24.1 Å². The second-order valence-electron chi connectivity index (χ2n) is 4.91. The van der Waals surface area contributed by atoms with Gasteiger partial charge in [-0.05, 0) is 30.5 Å². The fourth-order valence-corrected chi connectivity index (χ4v) is 2.19. The fraction of sp³-hybridized carbons (Fsp3) is 0.429. The van der Waals surface area contributed by atoms with Crippen molar-refractivity contribution in [3.05, 3.63) is 29.8 Å². The highest BCUT2D eigenvalue weighted by atomic mass is 16.2. The number of carbonyl (C=O) groups is 2. The molecule has 2 amide bonds. The molecule has 1 aliphatic rings. The predicted molar refractivity (Wildman–Crippen MR) is 73.4 cm³/mol. The van der Waals surface area contributed by atoms with Gasteiger partial charge in [0.05, 0.1) is 13.1 Å². The zero-order valence-electron chi connectivity index (χ0n) is 11.1. The molecule has 1 fully saturated rings. The summed E-state index contributed by atoms with van der Waals surface area (Å²) < 4.78 is 0. The molecular weight excluding hydrogens is 242 g/mol. The lowest BCUT2D eigenvalue weighted by Crippen LogP contribution is -2.52. The summed E-state index contributed by atoms with van der Waals surface area (Å²) in [6, 6.07) is 7.74. The summed E-state index contributed by atoms with van der Waals surface area (Å²) in [4.78, 5) is 26.4. The van der Waals surface area contributed by atoms with Crippen LogP contribution in [0.2, 0.25) is 0 Å². The highest BCUT2D eigenvalue weighted by Gasteiger charge is 2.26. The number of nitrogens with two attached hydrogens (primary N) is 1. The molecule has 1 aliphatic heterocycles. The van der Waals surface area contributed by atoms with Crippen LogP contribution in [-0.4, -0.2) is 48.3 Å². The van der Waals surface area contributed by atoms with Gasteiger partial charge in [-0.25, -0.2) is 0 Å². The van der Waals surface area contributed by atoms with E-state index < -0.39 is 0 Å². The molecule has 1 aromatic carbocycles. The van der Waals surface area contributed by atoms with E-state index in [0.29, 0.717) is 6.54 Å². The number of hydrogen-bond acceptors (Lipinski definition) is 3. The van der Waals surface area contributed by atoms with E-state index in [-0.39, 0.29) is 24.9 Å². The molecule has 2 N–H and O–H groups in total. The third-order valence-corrected chi connectivity index (χ3v) is 3.32. The topological polar surface area (TPSA) is 66.6 Å². The van der Waals surface area contributed by atoms with E-state index in [2.05, 4.69) is 0 Å². The van der Waals surface area contributed by atoms with Gasteiger partial charge in [0.15, 0.2) is 0 Å². The number of carbonyl (C=O) groups excluding carboxylic acids is 2. The highest BCUT2D eigenvalue weighted by molar-refractivity contribution is 5.92. The number of anilines is 1. The smallest absolute Gasteiger partial charge is 0.242 e. The van der Waals surface area contributed by atoms with E-state index in [9.17, 15) is 9.59 Å². The number of hydrogen-bond donors (Lipinski definition) is 1. The zero-order chi connectivity index (χ0) is 13.8. The SMILES string of the molecule is CN1CC(=O)N(CCCc2cccc(N)c2)CC1=O. The molecule has 19 heavy (non-hydrogen) atoms. The average molecular weight is 261 g/mol. The van der Waals surface area contributed by atoms with Crippen LogP contribution >= 0.6 is 0 Å². The van der Waals surface area contributed by atoms with Crippen molar-refractivity contribution in [3.63, 3.8) is 0 Å². The van der Waals surface area contributed by atoms with Crippen molar-refractivity contribution in [1.29, 1.82) is 0 Å². The lowest BCUT2D eigenvalue weighted by atomic mass is 10.1. The fourth-order valence-electron chi connectivity index (χ4n) is 2.19. The monoisotopic (exact) mass is 261 g/mol. The molecular formula is C14H19N3O2. The summed E-state index contributed by atoms with van der Waals surface area (Å²) in [5.41, 5.74) is 7.63. The Kier molecular flexibility index (Phi) is 4.04. The summed E-state index contributed by atoms with van der Waals surface area (Å²) in [5, 5.41) is 0. The van der Waals surface area contributed by atoms with Crippen LogP contribution in [0.15, 0.2) is 24.3 Å². The van der Waals surface area contributed by atoms with Crippen LogP contribution in [0.1, 0.15) is 12.0 Å². The summed E-state index contributed by atoms with van der Waals surface area (Å²) in [6.45, 7) is 1.01. The Morgan fingerprint density at radius 2 is 2.00 bits per heavy atom. The molecule has 0 aromatic heterocycles. The number of rotatable bonds is 4. The van der Waals surface area contributed by atoms with Gasteiger partial charge in [0.2, 0.25) is 11.8 Å². The van der Waals surface area contributed by atoms with Crippen molar-refractivity contribution in [2.75, 3.05) is 32.4 Å². The summed E-state index contributed by atoms with van der Waals surface area (Å²) in [7, 11) is 1.66. The van der Waals surface area contributed by atoms with E-state index in [1.807, 2.05) is 24.3 Å². The quantitative estimate of drug-likeness (QED) is 0.803. The molecule has 2 rings (SSSR count). The average Bonchev–Trinajstić information content (AvgIpc) is 2.35. The first-order chi connectivity index (χ1) is 9.06. The van der Waals surface area contributed by atoms with Crippen molar-refractivity contribution >= 4 is 17.5 Å². The standard InChI is InChI=1S/C14H19N3O2/c1-16-9-14(19)17(10-13(16)18)7-3-5-11-4-2-6-12(15)8-11/h2,4,6,8H,3,5,7,9-10,15H2,1H3. The Labute approximate surface area is 113 Å². The molecule has 0 saturated carbocycles. The largest absolute Gasteiger partial charge is 0.399 e. The van der Waals surface area contributed by atoms with Crippen LogP contribution in [0.5, 0.6) is 0 Å². The van der Waals surface area contributed by atoms with Gasteiger partial charge in [0.1, 0.15) is 0 Å². The van der Waals surface area contributed by atoms with Crippen molar-refractivity contribution < 1.29 is 9.59 Å². The van der Waals surface area contributed by atoms with E-state index in [1.165, 1.54) is 4.90 Å². The number of likely N-dealkylation sites (N-methyl/N-ethyl adjacent to an activating group) is 1. The second kappa shape index (κ2) is 5.73. The van der Waals surface area contributed by atoms with E-state index in [4.69, 9.17) is 5.73 Å². The molecule has 0 bridgehead atoms. The Balaban J connectivity index is 1.82. The van der Waals surface area contributed by atoms with Crippen molar-refractivity contribution in [2.24, 2.45) is 0 Å². The Hall–Kier alpha value is -2.04. The molecule has 1 aromatic rings. The predicted octanol–water partition coefficient (Wildman–Crippen LogP) is 0.502. The first-order valence-electron chi connectivity index (χ1n) is 6.42. The molecule has 102 valence electrons. The van der Waals surface area contributed by atoms with Gasteiger partial charge in [-0.3, -0.25) is 9.59 Å². The Morgan fingerprint density at radius 3 is 2.74 bits per heavy atom. The third-order valence-electron chi connectivity index (χ3n) is 3.32. The van der Waals surface area contributed by atoms with Crippen LogP contribution < -0.4 is 5.73 Å². The maximum Gasteiger partial charge on any atom is 0.242 e. The lowest BCUT2D eigenvalue weighted by Gasteiger charge is -2.31. The van der Waals surface area contributed by atoms with Crippen LogP contribution in [-0.2, 0) is 16.0 Å². The van der Waals surface area contributed by atoms with Crippen LogP contribution in [0.3, 0.4) is 0 Å². The highest BCUT2D eigenvalue weighted by Crippen LogP contribution is 2.10. The molecule has 0 unspecified atom stereocenters. The molecule has 1 saturated heterocycles. The summed E-state index contributed by atoms with van der Waals surface area (Å²) >= 11 is 0. The maximum absolute atomic E-state index is 11.8. The lowest BCUT2D eigenvalue weighted by molar-refractivity contribution is -0.148. The minimum absolute atomic E-state index is 0.00329. The number of nitrogen functional groups attached to an aromatic ring is 1. The van der Waals surface area contributed by atoms with Gasteiger partial charge in [0, 0.05) is 19.3 Å². The summed E-state index contributed by atoms with van der Waals surface area (Å²) in [6.07, 6.45) is 1.70. The molecule has 0 radical (unpaired) electrons. The normalized spacial score (nSPS) is 16.1. The number of nitrogens with zero attached hydrogens (tertiary/aromatic N) is 2. The maximum atomic E-state index is 11.8. The second-order valence-corrected chi connectivity index (χ2v) is 4.91. The first-order valence-corrected chi connectivity index (χ1v) is 6.42. The number of piperazine rings is 1. The molecule has 0 atom stereocenters. The van der Waals surface area contributed by atoms with Crippen molar-refractivity contribution in [1.82, 2.24) is 9.80 Å². The number of aryl methyl sites for hydroxylation is 1. The van der Waals surface area contributed by atoms with Crippen LogP contribution in [0.4, 0.5) is 5.69 Å². The molecule has 0 aliphatic carbocycles. The van der Waals surface area contributed by atoms with Gasteiger partial charge in [-0.1, -0.05) is 12.1 Å². The summed E-state index contributed by atoms with van der Waals surface area (Å²) in [5.74, 6) is 0.0261. The third kappa shape index (κ3) is 3.47. The molecule has 5 heteroatoms. The zero-order valence-corrected chi connectivity index (χ0v) is 11.1. The van der Waals surface area contributed by atoms with Crippen LogP contribution in [0, 0.1) is 0 Å². The molecule has 5 nitrogen and oxygen atoms in total. The molecule has 0 spiro atoms. The Bertz CT molecular complexity index is 487. The Morgan fingerprint density at radius 1 is 1.21 bits per heavy atom. The van der Waals surface area contributed by atoms with Gasteiger partial charge >= 0.3 is 0 Å². The van der Waals surface area contributed by atoms with Gasteiger partial charge in [-0.15, -0.1) is 0 Å². The number of benzene rings is 1. The van der Waals surface area contributed by atoms with Crippen molar-refractivity contribution in [3.8, 4) is 0 Å². The van der Waals surface area contributed by atoms with E-state index >= 15 is 0 Å². The van der Waals surface area contributed by atoms with E-state index in [1.54, 1.807) is 11.9 Å².